The van der Waals surface area contributed by atoms with Crippen LogP contribution in [0.5, 0.6) is 0 Å². The molecule has 0 aromatic carbocycles. The summed E-state index contributed by atoms with van der Waals surface area (Å²) in [7, 11) is 2.65. The first-order valence-electron chi connectivity index (χ1n) is 10.3. The minimum Gasteiger partial charge on any atom is -0.311 e. The Morgan fingerprint density at radius 3 is 1.29 bits per heavy atom. The Morgan fingerprint density at radius 1 is 0.625 bits per heavy atom. The monoisotopic (exact) mass is 355 g/mol. The van der Waals surface area contributed by atoms with Crippen LogP contribution in [0, 0.1) is 0 Å². The Hall–Kier alpha value is -0.353. The van der Waals surface area contributed by atoms with E-state index >= 15 is 0 Å². The van der Waals surface area contributed by atoms with Gasteiger partial charge in [-0.15, -0.1) is 0 Å². The molecule has 0 heterocycles. The summed E-state index contributed by atoms with van der Waals surface area (Å²) in [4.78, 5) is 15.4. The Labute approximate surface area is 153 Å². The highest BCUT2D eigenvalue weighted by Crippen LogP contribution is 2.14. The largest absolute Gasteiger partial charge is 0.340 e. The fourth-order valence-electron chi connectivity index (χ4n) is 3.08. The van der Waals surface area contributed by atoms with E-state index in [0.29, 0.717) is 6.42 Å². The van der Waals surface area contributed by atoms with Crippen LogP contribution >= 0.6 is 0 Å². The molecule has 0 fully saturated rings. The van der Waals surface area contributed by atoms with Crippen molar-refractivity contribution in [3.05, 3.63) is 0 Å². The minimum absolute atomic E-state index is 0.300. The number of carbonyl (C=O) groups excluding carboxylic acids is 1. The lowest BCUT2D eigenvalue weighted by molar-refractivity contribution is -0.212. The summed E-state index contributed by atoms with van der Waals surface area (Å²) in [6.45, 7) is 2.28. The van der Waals surface area contributed by atoms with Crippen LogP contribution in [0.2, 0.25) is 0 Å². The molecule has 0 aliphatic carbocycles. The van der Waals surface area contributed by atoms with Gasteiger partial charge in [0.05, 0.1) is 0 Å². The summed E-state index contributed by atoms with van der Waals surface area (Å²) < 4.78 is 4.14. The molecule has 0 aromatic heterocycles. The number of hydrogen-bond donors (Lipinski definition) is 0. The molecule has 0 aromatic rings. The predicted molar refractivity (Wildman–Crippen MR) is 102 cm³/mol. The van der Waals surface area contributed by atoms with Crippen LogP contribution in [-0.4, -0.2) is 16.5 Å². The molecule has 0 N–H and O–H groups in total. The van der Waals surface area contributed by atoms with E-state index in [-0.39, 0.29) is 5.97 Å². The molecule has 3 radical (unpaired) electrons. The van der Waals surface area contributed by atoms with Gasteiger partial charge in [-0.2, -0.15) is 0 Å². The van der Waals surface area contributed by atoms with Gasteiger partial charge in [0.1, 0.15) is 0 Å². The molecule has 0 bridgehead atoms. The Morgan fingerprint density at radius 2 is 0.958 bits per heavy atom. The molecule has 0 atom stereocenters. The zero-order valence-corrected chi connectivity index (χ0v) is 17.0. The van der Waals surface area contributed by atoms with Crippen LogP contribution in [0.1, 0.15) is 122 Å². The topological polar surface area (TPSA) is 35.5 Å². The predicted octanol–water partition coefficient (Wildman–Crippen LogP) is 6.59. The normalized spacial score (nSPS) is 10.9. The van der Waals surface area contributed by atoms with E-state index in [9.17, 15) is 4.79 Å². The van der Waals surface area contributed by atoms with E-state index in [2.05, 4.69) is 26.9 Å². The third kappa shape index (κ3) is 19.7. The van der Waals surface area contributed by atoms with Gasteiger partial charge < -0.3 is 4.89 Å². The van der Waals surface area contributed by atoms with Crippen molar-refractivity contribution < 1.29 is 14.3 Å². The molecule has 0 spiro atoms. The van der Waals surface area contributed by atoms with Crippen LogP contribution < -0.4 is 0 Å². The third-order valence-corrected chi connectivity index (χ3v) is 4.70. The number of unbranched alkanes of at least 4 members (excludes halogenated alkanes) is 16. The van der Waals surface area contributed by atoms with Gasteiger partial charge in [0.2, 0.25) is 0 Å². The van der Waals surface area contributed by atoms with Crippen LogP contribution in [0.4, 0.5) is 0 Å². The molecule has 0 aliphatic heterocycles. The molecule has 0 amide bonds. The first kappa shape index (κ1) is 23.6. The highest BCUT2D eigenvalue weighted by Gasteiger charge is 2.02. The first-order valence-corrected chi connectivity index (χ1v) is 10.7. The second-order valence-corrected chi connectivity index (χ2v) is 7.11. The lowest BCUT2D eigenvalue weighted by Gasteiger charge is -2.03. The van der Waals surface area contributed by atoms with Crippen molar-refractivity contribution in [1.82, 2.24) is 0 Å². The van der Waals surface area contributed by atoms with Gasteiger partial charge in [-0.05, 0) is 6.42 Å². The molecule has 0 saturated carbocycles. The molecule has 24 heavy (non-hydrogen) atoms. The Bertz CT molecular complexity index is 259. The van der Waals surface area contributed by atoms with E-state index in [1.165, 1.54) is 96.3 Å². The average molecular weight is 356 g/mol. The summed E-state index contributed by atoms with van der Waals surface area (Å²) in [5, 5.41) is 0. The van der Waals surface area contributed by atoms with Gasteiger partial charge >= 0.3 is 16.5 Å². The maximum Gasteiger partial charge on any atom is 0.340 e. The fraction of sp³-hybridized carbons (Fsp3) is 0.950. The van der Waals surface area contributed by atoms with Crippen molar-refractivity contribution in [2.24, 2.45) is 0 Å². The Balaban J connectivity index is 3.01. The summed E-state index contributed by atoms with van der Waals surface area (Å²) in [5.74, 6) is -0.300. The Kier molecular flexibility index (Phi) is 20.4. The molecular formula is C20H39O3Si. The minimum atomic E-state index is -0.300. The number of carbonyl (C=O) groups is 1. The molecule has 0 saturated heterocycles. The summed E-state index contributed by atoms with van der Waals surface area (Å²) in [5.41, 5.74) is 0. The standard InChI is InChI=1S/C20H39O3Si/c1-2-3-4-5-6-7-8-9-10-11-12-13-14-15-16-17-18-19-20(21)22-23-24/h2-19H2,1H3. The zero-order valence-electron chi connectivity index (χ0n) is 16.0. The second kappa shape index (κ2) is 20.7. The van der Waals surface area contributed by atoms with Crippen LogP contribution in [0.3, 0.4) is 0 Å². The lowest BCUT2D eigenvalue weighted by Crippen LogP contribution is -2.03. The SMILES string of the molecule is CCCCCCCCCCCCCCCCCCCC(=O)OO[Si]. The van der Waals surface area contributed by atoms with Gasteiger partial charge in [-0.25, -0.2) is 9.37 Å². The second-order valence-electron chi connectivity index (χ2n) is 6.95. The summed E-state index contributed by atoms with van der Waals surface area (Å²) in [6, 6.07) is 0. The number of hydrogen-bond acceptors (Lipinski definition) is 3. The molecule has 0 aliphatic rings. The summed E-state index contributed by atoms with van der Waals surface area (Å²) in [6.07, 6.45) is 23.3. The number of rotatable bonds is 19. The quantitative estimate of drug-likeness (QED) is 0.113. The average Bonchev–Trinajstić information content (AvgIpc) is 2.58. The van der Waals surface area contributed by atoms with Crippen molar-refractivity contribution in [2.75, 3.05) is 0 Å². The van der Waals surface area contributed by atoms with Crippen LogP contribution in [0.15, 0.2) is 0 Å². The van der Waals surface area contributed by atoms with E-state index in [0.717, 1.165) is 12.8 Å². The molecule has 3 nitrogen and oxygen atoms in total. The maximum atomic E-state index is 11.0. The molecular weight excluding hydrogens is 316 g/mol. The van der Waals surface area contributed by atoms with Crippen molar-refractivity contribution in [2.45, 2.75) is 122 Å². The van der Waals surface area contributed by atoms with Gasteiger partial charge in [0, 0.05) is 6.42 Å². The molecule has 4 heteroatoms. The first-order chi connectivity index (χ1) is 11.8. The van der Waals surface area contributed by atoms with E-state index in [1.54, 1.807) is 0 Å². The van der Waals surface area contributed by atoms with Gasteiger partial charge in [0.15, 0.2) is 0 Å². The molecule has 0 unspecified atom stereocenters. The van der Waals surface area contributed by atoms with Gasteiger partial charge in [-0.1, -0.05) is 110 Å². The highest BCUT2D eigenvalue weighted by atomic mass is 28.2. The van der Waals surface area contributed by atoms with Crippen molar-refractivity contribution in [3.63, 3.8) is 0 Å². The fourth-order valence-corrected chi connectivity index (χ4v) is 3.18. The lowest BCUT2D eigenvalue weighted by atomic mass is 10.0. The maximum absolute atomic E-state index is 11.0. The smallest absolute Gasteiger partial charge is 0.311 e. The zero-order chi connectivity index (χ0) is 17.7. The highest BCUT2D eigenvalue weighted by molar-refractivity contribution is 5.97. The van der Waals surface area contributed by atoms with Crippen molar-refractivity contribution >= 4 is 16.5 Å². The van der Waals surface area contributed by atoms with Crippen molar-refractivity contribution in [3.8, 4) is 0 Å². The van der Waals surface area contributed by atoms with Gasteiger partial charge in [-0.3, -0.25) is 0 Å². The summed E-state index contributed by atoms with van der Waals surface area (Å²) >= 11 is 0. The van der Waals surface area contributed by atoms with Crippen molar-refractivity contribution in [1.29, 1.82) is 0 Å². The third-order valence-electron chi connectivity index (χ3n) is 4.62. The molecule has 0 rings (SSSR count). The van der Waals surface area contributed by atoms with E-state index in [1.807, 2.05) is 0 Å². The van der Waals surface area contributed by atoms with Crippen LogP contribution in [-0.2, 0) is 14.3 Å². The van der Waals surface area contributed by atoms with Gasteiger partial charge in [0.25, 0.3) is 0 Å². The van der Waals surface area contributed by atoms with Crippen LogP contribution in [0.25, 0.3) is 0 Å². The van der Waals surface area contributed by atoms with E-state index < -0.39 is 0 Å². The molecule has 141 valence electrons. The van der Waals surface area contributed by atoms with E-state index in [4.69, 9.17) is 0 Å².